The molecule has 32 heavy (non-hydrogen) atoms. The number of nitrogens with one attached hydrogen (secondary N) is 1. The fourth-order valence-corrected chi connectivity index (χ4v) is 5.17. The first kappa shape index (κ1) is 22.2. The van der Waals surface area contributed by atoms with Crippen LogP contribution < -0.4 is 5.32 Å². The van der Waals surface area contributed by atoms with Gasteiger partial charge in [-0.15, -0.1) is 11.3 Å². The van der Waals surface area contributed by atoms with E-state index in [9.17, 15) is 9.59 Å². The van der Waals surface area contributed by atoms with Crippen molar-refractivity contribution in [3.05, 3.63) is 77.3 Å². The summed E-state index contributed by atoms with van der Waals surface area (Å²) in [7, 11) is 0. The zero-order valence-corrected chi connectivity index (χ0v) is 19.2. The Labute approximate surface area is 193 Å². The molecule has 0 aliphatic carbocycles. The van der Waals surface area contributed by atoms with Crippen LogP contribution in [0.15, 0.2) is 66.0 Å². The van der Waals surface area contributed by atoms with E-state index in [-0.39, 0.29) is 23.8 Å². The van der Waals surface area contributed by atoms with Gasteiger partial charge < -0.3 is 10.2 Å². The fraction of sp³-hybridized carbons (Fsp3) is 0.346. The number of carbonyl (C=O) groups excluding carboxylic acids is 2. The van der Waals surface area contributed by atoms with Crippen molar-refractivity contribution >= 4 is 23.2 Å². The predicted octanol–water partition coefficient (Wildman–Crippen LogP) is 4.65. The molecule has 0 bridgehead atoms. The van der Waals surface area contributed by atoms with Crippen LogP contribution in [0.4, 0.5) is 0 Å². The summed E-state index contributed by atoms with van der Waals surface area (Å²) < 4.78 is 0. The molecular formula is C26H29N3O2S. The first-order chi connectivity index (χ1) is 15.7. The molecule has 4 rings (SSSR count). The highest BCUT2D eigenvalue weighted by Gasteiger charge is 2.36. The molecule has 1 aromatic heterocycles. The minimum Gasteiger partial charge on any atom is -0.354 e. The second-order valence-corrected chi connectivity index (χ2v) is 8.97. The number of amides is 2. The first-order valence-electron chi connectivity index (χ1n) is 11.3. The van der Waals surface area contributed by atoms with Gasteiger partial charge >= 0.3 is 0 Å². The van der Waals surface area contributed by atoms with Crippen LogP contribution in [0.1, 0.15) is 43.4 Å². The second-order valence-electron chi connectivity index (χ2n) is 8.11. The van der Waals surface area contributed by atoms with Gasteiger partial charge in [-0.1, -0.05) is 67.6 Å². The minimum absolute atomic E-state index is 0.0581. The molecule has 1 saturated heterocycles. The summed E-state index contributed by atoms with van der Waals surface area (Å²) in [6, 6.07) is 19.6. The number of hydrogen-bond donors (Lipinski definition) is 1. The van der Waals surface area contributed by atoms with E-state index in [0.29, 0.717) is 19.5 Å². The van der Waals surface area contributed by atoms with Gasteiger partial charge in [0.05, 0.1) is 11.6 Å². The van der Waals surface area contributed by atoms with Gasteiger partial charge in [0.25, 0.3) is 0 Å². The number of carbonyl (C=O) groups is 2. The van der Waals surface area contributed by atoms with Gasteiger partial charge in [0, 0.05) is 30.5 Å². The number of rotatable bonds is 8. The molecule has 2 heterocycles. The van der Waals surface area contributed by atoms with Crippen molar-refractivity contribution in [2.24, 2.45) is 0 Å². The van der Waals surface area contributed by atoms with Crippen LogP contribution in [0.3, 0.4) is 0 Å². The Bertz CT molecular complexity index is 1040. The molecule has 2 aromatic carbocycles. The Hall–Kier alpha value is -2.99. The molecule has 1 unspecified atom stereocenters. The number of likely N-dealkylation sites (tertiary alicyclic amines) is 1. The summed E-state index contributed by atoms with van der Waals surface area (Å²) in [6.45, 7) is 3.19. The lowest BCUT2D eigenvalue weighted by Crippen LogP contribution is -2.47. The lowest BCUT2D eigenvalue weighted by molar-refractivity contribution is -0.139. The van der Waals surface area contributed by atoms with E-state index in [1.165, 1.54) is 0 Å². The van der Waals surface area contributed by atoms with E-state index in [1.807, 2.05) is 60.8 Å². The highest BCUT2D eigenvalue weighted by Crippen LogP contribution is 2.27. The number of aromatic nitrogens is 1. The average molecular weight is 448 g/mol. The van der Waals surface area contributed by atoms with Crippen LogP contribution in [-0.2, 0) is 16.0 Å². The summed E-state index contributed by atoms with van der Waals surface area (Å²) in [5, 5.41) is 6.07. The topological polar surface area (TPSA) is 62.3 Å². The van der Waals surface area contributed by atoms with E-state index in [2.05, 4.69) is 22.4 Å². The Morgan fingerprint density at radius 1 is 1.12 bits per heavy atom. The van der Waals surface area contributed by atoms with Crippen LogP contribution in [0.25, 0.3) is 10.6 Å². The van der Waals surface area contributed by atoms with Crippen LogP contribution in [0.2, 0.25) is 0 Å². The lowest BCUT2D eigenvalue weighted by atomic mass is 9.94. The van der Waals surface area contributed by atoms with Crippen molar-refractivity contribution in [3.8, 4) is 10.6 Å². The zero-order valence-electron chi connectivity index (χ0n) is 18.4. The van der Waals surface area contributed by atoms with Crippen LogP contribution in [0.5, 0.6) is 0 Å². The molecule has 1 aliphatic rings. The Morgan fingerprint density at radius 2 is 1.84 bits per heavy atom. The number of nitrogens with zero attached hydrogens (tertiary/aromatic N) is 2. The van der Waals surface area contributed by atoms with Crippen molar-refractivity contribution in [2.45, 2.75) is 44.6 Å². The average Bonchev–Trinajstić information content (AvgIpc) is 3.51. The maximum absolute atomic E-state index is 13.3. The number of hydrogen-bond acceptors (Lipinski definition) is 4. The van der Waals surface area contributed by atoms with Gasteiger partial charge in [0.1, 0.15) is 11.0 Å². The molecule has 1 aliphatic heterocycles. The van der Waals surface area contributed by atoms with Gasteiger partial charge in [0.2, 0.25) is 11.8 Å². The van der Waals surface area contributed by atoms with Crippen molar-refractivity contribution in [1.29, 1.82) is 0 Å². The third-order valence-electron chi connectivity index (χ3n) is 6.00. The molecule has 2 atom stereocenters. The Balaban J connectivity index is 1.33. The molecule has 166 valence electrons. The largest absolute Gasteiger partial charge is 0.354 e. The van der Waals surface area contributed by atoms with Crippen molar-refractivity contribution in [1.82, 2.24) is 15.2 Å². The third kappa shape index (κ3) is 5.07. The summed E-state index contributed by atoms with van der Waals surface area (Å²) in [5.74, 6) is -0.198. The van der Waals surface area contributed by atoms with E-state index < -0.39 is 0 Å². The van der Waals surface area contributed by atoms with Crippen molar-refractivity contribution in [2.75, 3.05) is 13.1 Å². The highest BCUT2D eigenvalue weighted by molar-refractivity contribution is 7.13. The van der Waals surface area contributed by atoms with E-state index >= 15 is 0 Å². The van der Waals surface area contributed by atoms with E-state index in [1.54, 1.807) is 16.2 Å². The van der Waals surface area contributed by atoms with Crippen molar-refractivity contribution in [3.63, 3.8) is 0 Å². The summed E-state index contributed by atoms with van der Waals surface area (Å²) in [6.07, 6.45) is 2.98. The zero-order chi connectivity index (χ0) is 22.3. The maximum atomic E-state index is 13.3. The monoisotopic (exact) mass is 447 g/mol. The molecule has 0 saturated carbocycles. The van der Waals surface area contributed by atoms with Gasteiger partial charge in [-0.25, -0.2) is 4.98 Å². The normalized spacial score (nSPS) is 16.7. The van der Waals surface area contributed by atoms with Gasteiger partial charge in [-0.2, -0.15) is 0 Å². The molecule has 2 amide bonds. The maximum Gasteiger partial charge on any atom is 0.242 e. The summed E-state index contributed by atoms with van der Waals surface area (Å²) in [5.41, 5.74) is 3.10. The van der Waals surface area contributed by atoms with E-state index in [4.69, 9.17) is 0 Å². The van der Waals surface area contributed by atoms with Crippen molar-refractivity contribution < 1.29 is 9.59 Å². The molecule has 0 radical (unpaired) electrons. The van der Waals surface area contributed by atoms with Crippen LogP contribution >= 0.6 is 11.3 Å². The van der Waals surface area contributed by atoms with Crippen LogP contribution in [-0.4, -0.2) is 40.8 Å². The molecule has 6 heteroatoms. The molecular weight excluding hydrogens is 418 g/mol. The quantitative estimate of drug-likeness (QED) is 0.547. The molecule has 1 fully saturated rings. The summed E-state index contributed by atoms with van der Waals surface area (Å²) in [4.78, 5) is 32.6. The first-order valence-corrected chi connectivity index (χ1v) is 12.2. The van der Waals surface area contributed by atoms with Gasteiger partial charge in [-0.05, 0) is 24.8 Å². The second kappa shape index (κ2) is 10.6. The molecule has 1 N–H and O–H groups in total. The third-order valence-corrected chi connectivity index (χ3v) is 6.94. The van der Waals surface area contributed by atoms with Gasteiger partial charge in [0.15, 0.2) is 0 Å². The molecule has 3 aromatic rings. The van der Waals surface area contributed by atoms with Crippen LogP contribution in [0, 0.1) is 0 Å². The smallest absolute Gasteiger partial charge is 0.242 e. The number of thiazole rings is 1. The molecule has 0 spiro atoms. The standard InChI is InChI=1S/C26H29N3O2S/c1-2-22(19-10-5-3-6-11-19)26(31)29-17-9-14-23(29)24(30)27-16-15-21-18-32-25(28-21)20-12-7-4-8-13-20/h3-8,10-13,18,22-23H,2,9,14-17H2,1H3,(H,27,30)/t22?,23-/m1/s1. The van der Waals surface area contributed by atoms with E-state index in [0.717, 1.165) is 41.1 Å². The lowest BCUT2D eigenvalue weighted by Gasteiger charge is -2.28. The predicted molar refractivity (Wildman–Crippen MR) is 128 cm³/mol. The Morgan fingerprint density at radius 3 is 2.56 bits per heavy atom. The number of benzene rings is 2. The minimum atomic E-state index is -0.379. The highest BCUT2D eigenvalue weighted by atomic mass is 32.1. The van der Waals surface area contributed by atoms with Gasteiger partial charge in [-0.3, -0.25) is 9.59 Å². The fourth-order valence-electron chi connectivity index (χ4n) is 4.31. The summed E-state index contributed by atoms with van der Waals surface area (Å²) >= 11 is 1.62. The Kier molecular flexibility index (Phi) is 7.32. The molecule has 5 nitrogen and oxygen atoms in total. The SMILES string of the molecule is CCC(C(=O)N1CCC[C@@H]1C(=O)NCCc1csc(-c2ccccc2)n1)c1ccccc1.